The molecule has 1 aliphatic heterocycles. The van der Waals surface area contributed by atoms with Gasteiger partial charge in [-0.2, -0.15) is 0 Å². The third-order valence-electron chi connectivity index (χ3n) is 3.94. The monoisotopic (exact) mass is 317 g/mol. The quantitative estimate of drug-likeness (QED) is 0.660. The van der Waals surface area contributed by atoms with Crippen molar-refractivity contribution >= 4 is 23.0 Å². The number of ketones is 1. The number of carbonyl (C=O) groups excluding carboxylic acids is 1. The van der Waals surface area contributed by atoms with E-state index in [2.05, 4.69) is 10.3 Å². The van der Waals surface area contributed by atoms with E-state index in [1.165, 1.54) is 6.08 Å². The van der Waals surface area contributed by atoms with Crippen molar-refractivity contribution in [3.05, 3.63) is 33.8 Å². The van der Waals surface area contributed by atoms with Crippen LogP contribution in [0.4, 0.5) is 11.5 Å². The molecular weight excluding hydrogens is 298 g/mol. The van der Waals surface area contributed by atoms with Gasteiger partial charge in [0.1, 0.15) is 0 Å². The first-order chi connectivity index (χ1) is 11.0. The molecule has 0 unspecified atom stereocenters. The summed E-state index contributed by atoms with van der Waals surface area (Å²) < 4.78 is 3.32. The number of hydrogen-bond acceptors (Lipinski definition) is 6. The van der Waals surface area contributed by atoms with Crippen LogP contribution in [-0.2, 0) is 17.9 Å². The van der Waals surface area contributed by atoms with E-state index in [-0.39, 0.29) is 30.2 Å². The molecule has 23 heavy (non-hydrogen) atoms. The van der Waals surface area contributed by atoms with Gasteiger partial charge >= 0.3 is 0 Å². The molecule has 0 spiro atoms. The van der Waals surface area contributed by atoms with Crippen LogP contribution < -0.4 is 16.6 Å². The Balaban J connectivity index is 2.05. The molecule has 0 saturated carbocycles. The Bertz CT molecular complexity index is 810. The van der Waals surface area contributed by atoms with E-state index in [9.17, 15) is 9.59 Å². The summed E-state index contributed by atoms with van der Waals surface area (Å²) in [5.74, 6) is 0.206. The van der Waals surface area contributed by atoms with Gasteiger partial charge in [0.15, 0.2) is 17.3 Å². The average Bonchev–Trinajstić information content (AvgIpc) is 3.09. The number of anilines is 1. The van der Waals surface area contributed by atoms with Gasteiger partial charge in [0.25, 0.3) is 5.56 Å². The first-order valence-electron chi connectivity index (χ1n) is 7.50. The molecular formula is C15H19N5O3. The molecule has 2 heterocycles. The van der Waals surface area contributed by atoms with Crippen LogP contribution in [0.3, 0.4) is 0 Å². The molecule has 0 radical (unpaired) electrons. The molecule has 2 aliphatic rings. The lowest BCUT2D eigenvalue weighted by Gasteiger charge is -2.14. The molecule has 0 atom stereocenters. The van der Waals surface area contributed by atoms with Gasteiger partial charge < -0.3 is 16.2 Å². The lowest BCUT2D eigenvalue weighted by Crippen LogP contribution is -2.26. The predicted molar refractivity (Wildman–Crippen MR) is 86.8 cm³/mol. The first-order valence-corrected chi connectivity index (χ1v) is 7.50. The van der Waals surface area contributed by atoms with E-state index in [1.54, 1.807) is 22.4 Å². The molecule has 0 amide bonds. The summed E-state index contributed by atoms with van der Waals surface area (Å²) in [5.41, 5.74) is 7.48. The highest BCUT2D eigenvalue weighted by atomic mass is 16.3. The number of aliphatic imine (C=N–C) groups is 1. The first kappa shape index (κ1) is 15.3. The molecule has 0 fully saturated rings. The van der Waals surface area contributed by atoms with E-state index in [0.717, 1.165) is 6.42 Å². The van der Waals surface area contributed by atoms with Crippen molar-refractivity contribution in [3.8, 4) is 0 Å². The summed E-state index contributed by atoms with van der Waals surface area (Å²) in [6.45, 7) is 3.23. The summed E-state index contributed by atoms with van der Waals surface area (Å²) in [6, 6.07) is 0. The minimum Gasteiger partial charge on any atom is -0.395 e. The van der Waals surface area contributed by atoms with E-state index < -0.39 is 0 Å². The largest absolute Gasteiger partial charge is 0.395 e. The van der Waals surface area contributed by atoms with E-state index in [4.69, 9.17) is 10.8 Å². The number of nitrogens with one attached hydrogen (secondary N) is 1. The van der Waals surface area contributed by atoms with Crippen LogP contribution in [0.5, 0.6) is 0 Å². The molecule has 0 saturated heterocycles. The number of aliphatic hydroxyl groups is 1. The van der Waals surface area contributed by atoms with Crippen molar-refractivity contribution in [2.45, 2.75) is 26.4 Å². The maximum atomic E-state index is 12.4. The Hall–Kier alpha value is -2.61. The van der Waals surface area contributed by atoms with Crippen LogP contribution in [0, 0.1) is 0 Å². The van der Waals surface area contributed by atoms with E-state index >= 15 is 0 Å². The number of nitrogens with two attached hydrogens (primary N) is 1. The summed E-state index contributed by atoms with van der Waals surface area (Å²) in [4.78, 5) is 28.6. The van der Waals surface area contributed by atoms with Gasteiger partial charge in [0.2, 0.25) is 0 Å². The third-order valence-corrected chi connectivity index (χ3v) is 3.94. The van der Waals surface area contributed by atoms with Gasteiger partial charge in [0, 0.05) is 25.7 Å². The van der Waals surface area contributed by atoms with Crippen molar-refractivity contribution in [2.24, 2.45) is 4.99 Å². The molecule has 4 N–H and O–H groups in total. The summed E-state index contributed by atoms with van der Waals surface area (Å²) in [7, 11) is 0. The topological polar surface area (TPSA) is 115 Å². The summed E-state index contributed by atoms with van der Waals surface area (Å²) in [6.07, 6.45) is 3.92. The lowest BCUT2D eigenvalue weighted by atomic mass is 10.0. The van der Waals surface area contributed by atoms with Gasteiger partial charge in [-0.1, -0.05) is 0 Å². The minimum atomic E-state index is -0.225. The molecule has 1 aromatic heterocycles. The number of fused-ring (bicyclic) bond motifs is 1. The van der Waals surface area contributed by atoms with E-state index in [0.29, 0.717) is 35.9 Å². The van der Waals surface area contributed by atoms with Crippen LogP contribution in [0.2, 0.25) is 0 Å². The Morgan fingerprint density at radius 1 is 1.30 bits per heavy atom. The van der Waals surface area contributed by atoms with Gasteiger partial charge in [-0.3, -0.25) is 14.3 Å². The zero-order valence-electron chi connectivity index (χ0n) is 12.9. The molecule has 0 bridgehead atoms. The van der Waals surface area contributed by atoms with Crippen LogP contribution in [0.1, 0.15) is 13.3 Å². The van der Waals surface area contributed by atoms with Gasteiger partial charge in [0.05, 0.1) is 18.0 Å². The molecule has 8 heteroatoms. The minimum absolute atomic E-state index is 0.0766. The molecule has 1 aromatic rings. The van der Waals surface area contributed by atoms with Crippen LogP contribution >= 0.6 is 0 Å². The number of rotatable bonds is 4. The maximum Gasteiger partial charge on any atom is 0.294 e. The van der Waals surface area contributed by atoms with Crippen molar-refractivity contribution in [1.82, 2.24) is 14.7 Å². The fourth-order valence-corrected chi connectivity index (χ4v) is 2.75. The van der Waals surface area contributed by atoms with Crippen LogP contribution in [-0.4, -0.2) is 39.1 Å². The standard InChI is InChI=1S/C15H19N5O3/c1-9-7-11(10(8-12(9)22)17-3-6-21)18-13-14(16)19-4-2-5-20(19)15(13)23/h7-8,17,21H,2-6,16H2,1H3. The number of nitrogen functional groups attached to an aromatic ring is 1. The Morgan fingerprint density at radius 3 is 2.74 bits per heavy atom. The fourth-order valence-electron chi connectivity index (χ4n) is 2.75. The van der Waals surface area contributed by atoms with Crippen molar-refractivity contribution in [2.75, 3.05) is 18.9 Å². The molecule has 8 nitrogen and oxygen atoms in total. The number of hydrogen-bond donors (Lipinski definition) is 3. The van der Waals surface area contributed by atoms with Crippen LogP contribution in [0.25, 0.3) is 0 Å². The lowest BCUT2D eigenvalue weighted by molar-refractivity contribution is -0.111. The van der Waals surface area contributed by atoms with Gasteiger partial charge in [-0.15, -0.1) is 0 Å². The van der Waals surface area contributed by atoms with Crippen molar-refractivity contribution in [3.63, 3.8) is 0 Å². The summed E-state index contributed by atoms with van der Waals surface area (Å²) >= 11 is 0. The van der Waals surface area contributed by atoms with Gasteiger partial charge in [-0.25, -0.2) is 9.67 Å². The highest BCUT2D eigenvalue weighted by Gasteiger charge is 2.23. The zero-order chi connectivity index (χ0) is 16.6. The normalized spacial score (nSPS) is 18.9. The number of aliphatic hydroxyl groups excluding tert-OH is 1. The fraction of sp³-hybridized carbons (Fsp3) is 0.400. The highest BCUT2D eigenvalue weighted by Crippen LogP contribution is 2.24. The average molecular weight is 317 g/mol. The second kappa shape index (κ2) is 5.88. The predicted octanol–water partition coefficient (Wildman–Crippen LogP) is -0.297. The second-order valence-electron chi connectivity index (χ2n) is 5.54. The van der Waals surface area contributed by atoms with Crippen molar-refractivity contribution < 1.29 is 9.90 Å². The summed E-state index contributed by atoms with van der Waals surface area (Å²) in [5, 5.41) is 11.9. The smallest absolute Gasteiger partial charge is 0.294 e. The Morgan fingerprint density at radius 2 is 2.04 bits per heavy atom. The molecule has 0 aromatic carbocycles. The Kier molecular flexibility index (Phi) is 3.91. The van der Waals surface area contributed by atoms with E-state index in [1.807, 2.05) is 0 Å². The second-order valence-corrected chi connectivity index (χ2v) is 5.54. The van der Waals surface area contributed by atoms with Crippen molar-refractivity contribution in [1.29, 1.82) is 0 Å². The maximum absolute atomic E-state index is 12.4. The number of aromatic nitrogens is 2. The molecule has 3 rings (SSSR count). The van der Waals surface area contributed by atoms with Gasteiger partial charge in [-0.05, 0) is 25.0 Å². The molecule has 122 valence electrons. The Labute approximate surface area is 132 Å². The SMILES string of the molecule is CC1=CC(=Nc2c(N)n3n(c2=O)CCC3)C(NCCO)=CC1=O. The zero-order valence-corrected chi connectivity index (χ0v) is 12.9. The van der Waals surface area contributed by atoms with Crippen LogP contribution in [0.15, 0.2) is 33.2 Å². The number of nitrogens with zero attached hydrogens (tertiary/aromatic N) is 3. The third kappa shape index (κ3) is 2.61. The highest BCUT2D eigenvalue weighted by molar-refractivity contribution is 6.22. The number of carbonyl (C=O) groups is 1. The molecule has 1 aliphatic carbocycles. The number of allylic oxidation sites excluding steroid dienone is 3.